The number of rotatable bonds is 5. The van der Waals surface area contributed by atoms with Crippen LogP contribution in [0.3, 0.4) is 0 Å². The van der Waals surface area contributed by atoms with Crippen LogP contribution in [-0.2, 0) is 32.0 Å². The SMILES string of the molecule is CCn1c(C2CCc3nn(C)cc3C2)nnc1C(C)(C)Oc1c(F)cc(Cl)cc1F. The molecule has 2 heterocycles. The van der Waals surface area contributed by atoms with Crippen molar-refractivity contribution in [2.45, 2.75) is 58.1 Å². The highest BCUT2D eigenvalue weighted by molar-refractivity contribution is 6.30. The molecule has 0 spiro atoms. The first-order valence-electron chi connectivity index (χ1n) is 9.98. The molecule has 0 N–H and O–H groups in total. The van der Waals surface area contributed by atoms with Crippen LogP contribution in [0.15, 0.2) is 18.3 Å². The molecule has 1 aliphatic carbocycles. The van der Waals surface area contributed by atoms with E-state index in [1.165, 1.54) is 5.56 Å². The van der Waals surface area contributed by atoms with E-state index in [0.717, 1.165) is 42.9 Å². The largest absolute Gasteiger partial charge is 0.474 e. The highest BCUT2D eigenvalue weighted by atomic mass is 35.5. The minimum Gasteiger partial charge on any atom is -0.474 e. The molecule has 0 saturated carbocycles. The standard InChI is InChI=1S/C21H24ClF2N5O/c1-5-29-19(12-6-7-17-13(8-12)11-28(4)27-17)25-26-20(29)21(2,3)30-18-15(23)9-14(22)10-16(18)24/h9-12H,5-8H2,1-4H3. The molecule has 0 amide bonds. The second-order valence-electron chi connectivity index (χ2n) is 8.15. The third kappa shape index (κ3) is 3.69. The van der Waals surface area contributed by atoms with E-state index in [-0.39, 0.29) is 10.9 Å². The van der Waals surface area contributed by atoms with Crippen molar-refractivity contribution in [3.63, 3.8) is 0 Å². The fraction of sp³-hybridized carbons (Fsp3) is 0.476. The summed E-state index contributed by atoms with van der Waals surface area (Å²) in [6.45, 7) is 6.06. The zero-order valence-corrected chi connectivity index (χ0v) is 18.2. The monoisotopic (exact) mass is 435 g/mol. The van der Waals surface area contributed by atoms with Gasteiger partial charge in [-0.3, -0.25) is 4.68 Å². The summed E-state index contributed by atoms with van der Waals surface area (Å²) in [6, 6.07) is 2.05. The summed E-state index contributed by atoms with van der Waals surface area (Å²) in [5.74, 6) is -0.613. The van der Waals surface area contributed by atoms with Crippen LogP contribution in [-0.4, -0.2) is 24.5 Å². The molecule has 0 fully saturated rings. The molecule has 1 atom stereocenters. The Balaban J connectivity index is 1.65. The third-order valence-corrected chi connectivity index (χ3v) is 5.73. The number of halogens is 3. The first kappa shape index (κ1) is 20.8. The lowest BCUT2D eigenvalue weighted by Gasteiger charge is -2.28. The Morgan fingerprint density at radius 2 is 1.93 bits per heavy atom. The van der Waals surface area contributed by atoms with Crippen LogP contribution in [0.2, 0.25) is 5.02 Å². The second kappa shape index (κ2) is 7.65. The zero-order chi connectivity index (χ0) is 21.6. The van der Waals surface area contributed by atoms with Crippen LogP contribution in [0.1, 0.15) is 56.0 Å². The van der Waals surface area contributed by atoms with E-state index in [1.54, 1.807) is 13.8 Å². The van der Waals surface area contributed by atoms with E-state index >= 15 is 0 Å². The Kier molecular flexibility index (Phi) is 5.30. The van der Waals surface area contributed by atoms with Crippen molar-refractivity contribution in [3.8, 4) is 5.75 Å². The summed E-state index contributed by atoms with van der Waals surface area (Å²) in [5.41, 5.74) is 1.25. The van der Waals surface area contributed by atoms with Gasteiger partial charge in [-0.15, -0.1) is 10.2 Å². The van der Waals surface area contributed by atoms with Gasteiger partial charge in [-0.25, -0.2) is 8.78 Å². The number of ether oxygens (including phenoxy) is 1. The van der Waals surface area contributed by atoms with Gasteiger partial charge in [0.1, 0.15) is 5.82 Å². The van der Waals surface area contributed by atoms with Crippen molar-refractivity contribution in [1.82, 2.24) is 24.5 Å². The molecule has 0 radical (unpaired) electrons. The molecule has 160 valence electrons. The maximum absolute atomic E-state index is 14.3. The van der Waals surface area contributed by atoms with Gasteiger partial charge in [0, 0.05) is 30.7 Å². The fourth-order valence-corrected chi connectivity index (χ4v) is 4.36. The molecule has 30 heavy (non-hydrogen) atoms. The Labute approximate surface area is 178 Å². The minimum atomic E-state index is -1.11. The lowest BCUT2D eigenvalue weighted by Crippen LogP contribution is -2.31. The lowest BCUT2D eigenvalue weighted by molar-refractivity contribution is 0.0823. The number of fused-ring (bicyclic) bond motifs is 1. The van der Waals surface area contributed by atoms with Gasteiger partial charge in [0.15, 0.2) is 28.8 Å². The van der Waals surface area contributed by atoms with Gasteiger partial charge in [0.2, 0.25) is 0 Å². The first-order chi connectivity index (χ1) is 14.2. The summed E-state index contributed by atoms with van der Waals surface area (Å²) < 4.78 is 38.1. The quantitative estimate of drug-likeness (QED) is 0.590. The predicted octanol–water partition coefficient (Wildman–Crippen LogP) is 4.55. The van der Waals surface area contributed by atoms with Gasteiger partial charge >= 0.3 is 0 Å². The maximum atomic E-state index is 14.3. The smallest absolute Gasteiger partial charge is 0.192 e. The van der Waals surface area contributed by atoms with E-state index in [9.17, 15) is 8.78 Å². The molecule has 2 aromatic heterocycles. The average molecular weight is 436 g/mol. The summed E-state index contributed by atoms with van der Waals surface area (Å²) in [6.07, 6.45) is 4.69. The van der Waals surface area contributed by atoms with Crippen LogP contribution in [0.5, 0.6) is 5.75 Å². The molecule has 1 unspecified atom stereocenters. The molecule has 0 saturated heterocycles. The summed E-state index contributed by atoms with van der Waals surface area (Å²) in [5, 5.41) is 13.3. The summed E-state index contributed by atoms with van der Waals surface area (Å²) >= 11 is 5.72. The van der Waals surface area contributed by atoms with Gasteiger partial charge in [-0.05, 0) is 57.7 Å². The molecule has 1 aromatic carbocycles. The van der Waals surface area contributed by atoms with Crippen LogP contribution in [0.4, 0.5) is 8.78 Å². The summed E-state index contributed by atoms with van der Waals surface area (Å²) in [4.78, 5) is 0. The van der Waals surface area contributed by atoms with Gasteiger partial charge < -0.3 is 9.30 Å². The number of benzene rings is 1. The van der Waals surface area contributed by atoms with Crippen LogP contribution >= 0.6 is 11.6 Å². The molecule has 4 rings (SSSR count). The van der Waals surface area contributed by atoms with E-state index in [1.807, 2.05) is 29.4 Å². The van der Waals surface area contributed by atoms with Crippen molar-refractivity contribution < 1.29 is 13.5 Å². The van der Waals surface area contributed by atoms with E-state index in [4.69, 9.17) is 16.3 Å². The number of hydrogen-bond donors (Lipinski definition) is 0. The molecule has 0 bridgehead atoms. The Morgan fingerprint density at radius 3 is 2.60 bits per heavy atom. The van der Waals surface area contributed by atoms with E-state index in [2.05, 4.69) is 15.3 Å². The Morgan fingerprint density at radius 1 is 1.23 bits per heavy atom. The maximum Gasteiger partial charge on any atom is 0.192 e. The molecule has 0 aliphatic heterocycles. The van der Waals surface area contributed by atoms with E-state index < -0.39 is 23.0 Å². The topological polar surface area (TPSA) is 57.8 Å². The predicted molar refractivity (Wildman–Crippen MR) is 109 cm³/mol. The number of nitrogens with zero attached hydrogens (tertiary/aromatic N) is 5. The lowest BCUT2D eigenvalue weighted by atomic mass is 9.87. The molecule has 1 aliphatic rings. The molecule has 3 aromatic rings. The molecule has 9 heteroatoms. The van der Waals surface area contributed by atoms with Gasteiger partial charge in [-0.1, -0.05) is 11.6 Å². The van der Waals surface area contributed by atoms with Gasteiger partial charge in [-0.2, -0.15) is 5.10 Å². The van der Waals surface area contributed by atoms with Gasteiger partial charge in [0.05, 0.1) is 5.69 Å². The Hall–Kier alpha value is -2.48. The number of hydrogen-bond acceptors (Lipinski definition) is 4. The minimum absolute atomic E-state index is 0.0266. The van der Waals surface area contributed by atoms with Crippen LogP contribution in [0, 0.1) is 11.6 Å². The molecular formula is C21H24ClF2N5O. The third-order valence-electron chi connectivity index (χ3n) is 5.51. The highest BCUT2D eigenvalue weighted by Crippen LogP contribution is 2.36. The Bertz CT molecular complexity index is 1070. The van der Waals surface area contributed by atoms with Crippen LogP contribution in [0.25, 0.3) is 0 Å². The van der Waals surface area contributed by atoms with Gasteiger partial charge in [0.25, 0.3) is 0 Å². The summed E-state index contributed by atoms with van der Waals surface area (Å²) in [7, 11) is 1.93. The first-order valence-corrected chi connectivity index (χ1v) is 10.4. The normalized spacial score (nSPS) is 16.6. The highest BCUT2D eigenvalue weighted by Gasteiger charge is 2.35. The van der Waals surface area contributed by atoms with Crippen molar-refractivity contribution >= 4 is 11.6 Å². The molecular weight excluding hydrogens is 412 g/mol. The number of aryl methyl sites for hydroxylation is 2. The van der Waals surface area contributed by atoms with E-state index in [0.29, 0.717) is 12.4 Å². The van der Waals surface area contributed by atoms with Crippen molar-refractivity contribution in [1.29, 1.82) is 0 Å². The average Bonchev–Trinajstić information content (AvgIpc) is 3.26. The molecule has 6 nitrogen and oxygen atoms in total. The second-order valence-corrected chi connectivity index (χ2v) is 8.59. The number of aromatic nitrogens is 5. The fourth-order valence-electron chi connectivity index (χ4n) is 4.17. The zero-order valence-electron chi connectivity index (χ0n) is 17.4. The van der Waals surface area contributed by atoms with Crippen molar-refractivity contribution in [2.75, 3.05) is 0 Å². The van der Waals surface area contributed by atoms with Crippen molar-refractivity contribution in [3.05, 3.63) is 57.9 Å². The van der Waals surface area contributed by atoms with Crippen molar-refractivity contribution in [2.24, 2.45) is 7.05 Å². The van der Waals surface area contributed by atoms with Crippen LogP contribution < -0.4 is 4.74 Å².